The third-order valence-corrected chi connectivity index (χ3v) is 4.34. The van der Waals surface area contributed by atoms with Crippen molar-refractivity contribution in [2.24, 2.45) is 0 Å². The molecule has 1 N–H and O–H groups in total. The van der Waals surface area contributed by atoms with E-state index >= 15 is 0 Å². The van der Waals surface area contributed by atoms with Crippen molar-refractivity contribution in [3.63, 3.8) is 0 Å². The maximum Gasteiger partial charge on any atom is 0.266 e. The normalized spacial score (nSPS) is 10.5. The Labute approximate surface area is 177 Å². The van der Waals surface area contributed by atoms with Crippen LogP contribution < -0.4 is 14.8 Å². The van der Waals surface area contributed by atoms with Crippen molar-refractivity contribution >= 4 is 45.2 Å². The summed E-state index contributed by atoms with van der Waals surface area (Å²) in [6.07, 6.45) is 6.69. The molecule has 0 aliphatic carbocycles. The van der Waals surface area contributed by atoms with Crippen LogP contribution in [0.2, 0.25) is 5.02 Å². The number of terminal acetylenes is 1. The minimum atomic E-state index is -0.553. The number of carbonyl (C=O) groups excluding carboxylic acids is 1. The van der Waals surface area contributed by atoms with Crippen LogP contribution in [-0.2, 0) is 4.79 Å². The van der Waals surface area contributed by atoms with Gasteiger partial charge >= 0.3 is 0 Å². The lowest BCUT2D eigenvalue weighted by atomic mass is 10.1. The van der Waals surface area contributed by atoms with Crippen LogP contribution in [0.15, 0.2) is 46.4 Å². The zero-order chi connectivity index (χ0) is 20.5. The second-order valence-corrected chi connectivity index (χ2v) is 6.67. The molecule has 0 atom stereocenters. The third-order valence-electron chi connectivity index (χ3n) is 3.42. The molecule has 0 aliphatic heterocycles. The SMILES string of the molecule is C#CCOc1cc(Br)c(C=C(C#N)C(=O)Nc2cccc(Cl)c2)cc1OCC. The van der Waals surface area contributed by atoms with Crippen molar-refractivity contribution in [1.29, 1.82) is 5.26 Å². The zero-order valence-corrected chi connectivity index (χ0v) is 17.3. The fourth-order valence-electron chi connectivity index (χ4n) is 2.23. The number of halogens is 2. The Balaban J connectivity index is 2.34. The molecule has 0 saturated carbocycles. The number of carbonyl (C=O) groups is 1. The standard InChI is InChI=1S/C21H16BrClN2O3/c1-3-8-28-20-12-18(22)14(10-19(20)27-4-2)9-15(13-24)21(26)25-17-7-5-6-16(23)11-17/h1,5-7,9-12H,4,8H2,2H3,(H,25,26). The van der Waals surface area contributed by atoms with Gasteiger partial charge in [-0.15, -0.1) is 6.42 Å². The van der Waals surface area contributed by atoms with Gasteiger partial charge in [0.1, 0.15) is 18.2 Å². The van der Waals surface area contributed by atoms with Crippen LogP contribution in [0.25, 0.3) is 6.08 Å². The van der Waals surface area contributed by atoms with E-state index in [0.717, 1.165) is 0 Å². The molecule has 0 fully saturated rings. The first-order valence-electron chi connectivity index (χ1n) is 8.19. The zero-order valence-electron chi connectivity index (χ0n) is 15.0. The van der Waals surface area contributed by atoms with Crippen LogP contribution in [0.4, 0.5) is 5.69 Å². The predicted molar refractivity (Wildman–Crippen MR) is 113 cm³/mol. The number of benzene rings is 2. The van der Waals surface area contributed by atoms with Crippen molar-refractivity contribution in [3.8, 4) is 29.9 Å². The summed E-state index contributed by atoms with van der Waals surface area (Å²) in [6.45, 7) is 2.34. The van der Waals surface area contributed by atoms with E-state index in [9.17, 15) is 10.1 Å². The summed E-state index contributed by atoms with van der Waals surface area (Å²) in [5.74, 6) is 2.76. The maximum atomic E-state index is 12.5. The molecule has 0 unspecified atom stereocenters. The lowest BCUT2D eigenvalue weighted by Crippen LogP contribution is -2.13. The Morgan fingerprint density at radius 3 is 2.71 bits per heavy atom. The topological polar surface area (TPSA) is 71.3 Å². The van der Waals surface area contributed by atoms with Gasteiger partial charge in [0.05, 0.1) is 6.61 Å². The number of hydrogen-bond acceptors (Lipinski definition) is 4. The minimum Gasteiger partial charge on any atom is -0.490 e. The van der Waals surface area contributed by atoms with Crippen LogP contribution in [0, 0.1) is 23.7 Å². The maximum absolute atomic E-state index is 12.5. The van der Waals surface area contributed by atoms with Crippen molar-refractivity contribution in [2.45, 2.75) is 6.92 Å². The molecule has 28 heavy (non-hydrogen) atoms. The highest BCUT2D eigenvalue weighted by Crippen LogP contribution is 2.35. The number of amides is 1. The van der Waals surface area contributed by atoms with Gasteiger partial charge in [0.2, 0.25) is 0 Å². The molecule has 0 bridgehead atoms. The molecule has 0 aliphatic rings. The van der Waals surface area contributed by atoms with Crippen LogP contribution >= 0.6 is 27.5 Å². The molecular weight excluding hydrogens is 444 g/mol. The Hall–Kier alpha value is -2.93. The van der Waals surface area contributed by atoms with Crippen LogP contribution in [0.5, 0.6) is 11.5 Å². The van der Waals surface area contributed by atoms with Gasteiger partial charge in [-0.25, -0.2) is 0 Å². The summed E-state index contributed by atoms with van der Waals surface area (Å²) >= 11 is 9.33. The Bertz CT molecular complexity index is 990. The van der Waals surface area contributed by atoms with Gasteiger partial charge in [-0.2, -0.15) is 5.26 Å². The summed E-state index contributed by atoms with van der Waals surface area (Å²) < 4.78 is 11.7. The van der Waals surface area contributed by atoms with Gasteiger partial charge in [0.15, 0.2) is 11.5 Å². The van der Waals surface area contributed by atoms with Crippen molar-refractivity contribution in [2.75, 3.05) is 18.5 Å². The van der Waals surface area contributed by atoms with Gasteiger partial charge in [-0.1, -0.05) is 39.5 Å². The smallest absolute Gasteiger partial charge is 0.266 e. The largest absolute Gasteiger partial charge is 0.490 e. The minimum absolute atomic E-state index is 0.0829. The Kier molecular flexibility index (Phi) is 7.95. The van der Waals surface area contributed by atoms with Crippen molar-refractivity contribution in [3.05, 3.63) is 57.0 Å². The Morgan fingerprint density at radius 1 is 1.32 bits per heavy atom. The number of nitrogens with one attached hydrogen (secondary N) is 1. The highest BCUT2D eigenvalue weighted by atomic mass is 79.9. The molecular formula is C21H16BrClN2O3. The third kappa shape index (κ3) is 5.79. The van der Waals surface area contributed by atoms with E-state index in [-0.39, 0.29) is 12.2 Å². The van der Waals surface area contributed by atoms with E-state index in [1.807, 2.05) is 13.0 Å². The summed E-state index contributed by atoms with van der Waals surface area (Å²) in [5.41, 5.74) is 0.987. The van der Waals surface area contributed by atoms with E-state index in [0.29, 0.717) is 38.9 Å². The van der Waals surface area contributed by atoms with Gasteiger partial charge < -0.3 is 14.8 Å². The van der Waals surface area contributed by atoms with Gasteiger partial charge in [-0.05, 0) is 48.9 Å². The fraction of sp³-hybridized carbons (Fsp3) is 0.143. The van der Waals surface area contributed by atoms with E-state index in [4.69, 9.17) is 27.5 Å². The predicted octanol–water partition coefficient (Wildman–Crippen LogP) is 5.06. The van der Waals surface area contributed by atoms with Crippen LogP contribution in [-0.4, -0.2) is 19.1 Å². The molecule has 0 spiro atoms. The summed E-state index contributed by atoms with van der Waals surface area (Å²) in [4.78, 5) is 12.5. The highest BCUT2D eigenvalue weighted by Gasteiger charge is 2.14. The fourth-order valence-corrected chi connectivity index (χ4v) is 2.86. The van der Waals surface area contributed by atoms with Crippen molar-refractivity contribution < 1.29 is 14.3 Å². The molecule has 1 amide bonds. The number of nitriles is 1. The molecule has 2 rings (SSSR count). The summed E-state index contributed by atoms with van der Waals surface area (Å²) in [5, 5.41) is 12.5. The lowest BCUT2D eigenvalue weighted by Gasteiger charge is -2.13. The molecule has 0 saturated heterocycles. The molecule has 7 heteroatoms. The Morgan fingerprint density at radius 2 is 2.07 bits per heavy atom. The molecule has 2 aromatic carbocycles. The monoisotopic (exact) mass is 458 g/mol. The molecule has 2 aromatic rings. The van der Waals surface area contributed by atoms with Crippen LogP contribution in [0.3, 0.4) is 0 Å². The van der Waals surface area contributed by atoms with E-state index in [2.05, 4.69) is 27.2 Å². The van der Waals surface area contributed by atoms with E-state index in [1.54, 1.807) is 36.4 Å². The number of ether oxygens (including phenoxy) is 2. The number of hydrogen-bond donors (Lipinski definition) is 1. The first kappa shape index (κ1) is 21.4. The highest BCUT2D eigenvalue weighted by molar-refractivity contribution is 9.10. The van der Waals surface area contributed by atoms with Crippen molar-refractivity contribution in [1.82, 2.24) is 0 Å². The molecule has 5 nitrogen and oxygen atoms in total. The van der Waals surface area contributed by atoms with E-state index < -0.39 is 5.91 Å². The summed E-state index contributed by atoms with van der Waals surface area (Å²) in [7, 11) is 0. The average Bonchev–Trinajstić information content (AvgIpc) is 2.66. The van der Waals surface area contributed by atoms with Crippen LogP contribution in [0.1, 0.15) is 12.5 Å². The lowest BCUT2D eigenvalue weighted by molar-refractivity contribution is -0.112. The number of anilines is 1. The average molecular weight is 460 g/mol. The second kappa shape index (κ2) is 10.4. The van der Waals surface area contributed by atoms with Gasteiger partial charge in [-0.3, -0.25) is 4.79 Å². The van der Waals surface area contributed by atoms with Gasteiger partial charge in [0, 0.05) is 15.2 Å². The quantitative estimate of drug-likeness (QED) is 0.357. The number of rotatable bonds is 7. The first-order chi connectivity index (χ1) is 13.5. The molecule has 142 valence electrons. The van der Waals surface area contributed by atoms with E-state index in [1.165, 1.54) is 6.08 Å². The van der Waals surface area contributed by atoms with Gasteiger partial charge in [0.25, 0.3) is 5.91 Å². The molecule has 0 heterocycles. The summed E-state index contributed by atoms with van der Waals surface area (Å²) in [6, 6.07) is 11.9. The molecule has 0 aromatic heterocycles. The second-order valence-electron chi connectivity index (χ2n) is 5.38. The molecule has 0 radical (unpaired) electrons. The number of nitrogens with zero attached hydrogens (tertiary/aromatic N) is 1. The first-order valence-corrected chi connectivity index (χ1v) is 9.37.